The molecule has 1 saturated carbocycles. The van der Waals surface area contributed by atoms with Crippen molar-refractivity contribution in [3.63, 3.8) is 0 Å². The third-order valence-corrected chi connectivity index (χ3v) is 3.63. The van der Waals surface area contributed by atoms with Gasteiger partial charge in [0, 0.05) is 16.8 Å². The van der Waals surface area contributed by atoms with Crippen LogP contribution in [0.4, 0.5) is 0 Å². The van der Waals surface area contributed by atoms with Gasteiger partial charge in [-0.05, 0) is 30.5 Å². The van der Waals surface area contributed by atoms with Crippen molar-refractivity contribution < 1.29 is 4.79 Å². The zero-order valence-corrected chi connectivity index (χ0v) is 10.3. The van der Waals surface area contributed by atoms with Crippen LogP contribution in [0, 0.1) is 5.92 Å². The van der Waals surface area contributed by atoms with Crippen molar-refractivity contribution in [2.75, 3.05) is 0 Å². The Kier molecular flexibility index (Phi) is 3.57. The van der Waals surface area contributed by atoms with E-state index < -0.39 is 0 Å². The molecule has 0 aliphatic heterocycles. The van der Waals surface area contributed by atoms with Gasteiger partial charge in [-0.15, -0.1) is 0 Å². The van der Waals surface area contributed by atoms with Crippen LogP contribution in [0.25, 0.3) is 0 Å². The van der Waals surface area contributed by atoms with Gasteiger partial charge in [0.15, 0.2) is 0 Å². The minimum atomic E-state index is 0.341. The average molecular weight is 267 g/mol. The lowest BCUT2D eigenvalue weighted by Crippen LogP contribution is -2.13. The van der Waals surface area contributed by atoms with Gasteiger partial charge in [0.05, 0.1) is 0 Å². The maximum Gasteiger partial charge on any atom is 0.140 e. The molecule has 1 aliphatic rings. The molecule has 0 amide bonds. The van der Waals surface area contributed by atoms with Crippen molar-refractivity contribution in [3.05, 3.63) is 34.3 Å². The van der Waals surface area contributed by atoms with E-state index in [0.29, 0.717) is 18.1 Å². The fourth-order valence-corrected chi connectivity index (χ4v) is 2.46. The summed E-state index contributed by atoms with van der Waals surface area (Å²) >= 11 is 3.39. The van der Waals surface area contributed by atoms with Gasteiger partial charge in [-0.3, -0.25) is 4.79 Å². The Morgan fingerprint density at radius 1 is 1.20 bits per heavy atom. The summed E-state index contributed by atoms with van der Waals surface area (Å²) in [6, 6.07) is 8.04. The molecule has 0 N–H and O–H groups in total. The topological polar surface area (TPSA) is 17.1 Å². The molecule has 2 rings (SSSR count). The van der Waals surface area contributed by atoms with Crippen LogP contribution in [0.15, 0.2) is 28.7 Å². The molecule has 1 aromatic rings. The van der Waals surface area contributed by atoms with E-state index in [2.05, 4.69) is 15.9 Å². The second-order valence-corrected chi connectivity index (χ2v) is 5.17. The molecule has 0 atom stereocenters. The van der Waals surface area contributed by atoms with Crippen molar-refractivity contribution in [2.24, 2.45) is 5.92 Å². The number of halogens is 1. The van der Waals surface area contributed by atoms with Crippen LogP contribution in [-0.2, 0) is 11.2 Å². The SMILES string of the molecule is O=C(Cc1ccc(Br)cc1)C1CCCC1. The summed E-state index contributed by atoms with van der Waals surface area (Å²) in [4.78, 5) is 11.9. The number of benzene rings is 1. The summed E-state index contributed by atoms with van der Waals surface area (Å²) in [7, 11) is 0. The van der Waals surface area contributed by atoms with Crippen molar-refractivity contribution in [1.29, 1.82) is 0 Å². The maximum absolute atomic E-state index is 11.9. The van der Waals surface area contributed by atoms with Crippen LogP contribution in [-0.4, -0.2) is 5.78 Å². The predicted molar refractivity (Wildman–Crippen MR) is 64.8 cm³/mol. The second-order valence-electron chi connectivity index (χ2n) is 4.25. The number of rotatable bonds is 3. The van der Waals surface area contributed by atoms with Crippen molar-refractivity contribution in [1.82, 2.24) is 0 Å². The molecule has 0 radical (unpaired) electrons. The monoisotopic (exact) mass is 266 g/mol. The van der Waals surface area contributed by atoms with Gasteiger partial charge in [-0.2, -0.15) is 0 Å². The van der Waals surface area contributed by atoms with Gasteiger partial charge in [-0.25, -0.2) is 0 Å². The van der Waals surface area contributed by atoms with Crippen LogP contribution in [0.3, 0.4) is 0 Å². The standard InChI is InChI=1S/C13H15BrO/c14-12-7-5-10(6-8-12)9-13(15)11-3-1-2-4-11/h5-8,11H,1-4,9H2. The zero-order chi connectivity index (χ0) is 10.7. The Morgan fingerprint density at radius 2 is 1.80 bits per heavy atom. The van der Waals surface area contributed by atoms with E-state index in [4.69, 9.17) is 0 Å². The van der Waals surface area contributed by atoms with Gasteiger partial charge in [0.25, 0.3) is 0 Å². The number of hydrogen-bond donors (Lipinski definition) is 0. The molecule has 0 spiro atoms. The predicted octanol–water partition coefficient (Wildman–Crippen LogP) is 3.75. The van der Waals surface area contributed by atoms with Crippen LogP contribution >= 0.6 is 15.9 Å². The molecule has 0 unspecified atom stereocenters. The minimum absolute atomic E-state index is 0.341. The van der Waals surface area contributed by atoms with Gasteiger partial charge in [0.2, 0.25) is 0 Å². The summed E-state index contributed by atoms with van der Waals surface area (Å²) < 4.78 is 1.07. The summed E-state index contributed by atoms with van der Waals surface area (Å²) in [5.74, 6) is 0.767. The lowest BCUT2D eigenvalue weighted by Gasteiger charge is -2.07. The van der Waals surface area contributed by atoms with Gasteiger partial charge < -0.3 is 0 Å². The molecule has 0 saturated heterocycles. The first-order valence-electron chi connectivity index (χ1n) is 5.53. The van der Waals surface area contributed by atoms with E-state index in [1.54, 1.807) is 0 Å². The Hall–Kier alpha value is -0.630. The maximum atomic E-state index is 11.9. The van der Waals surface area contributed by atoms with E-state index >= 15 is 0 Å². The summed E-state index contributed by atoms with van der Waals surface area (Å²) in [5, 5.41) is 0. The normalized spacial score (nSPS) is 16.9. The third-order valence-electron chi connectivity index (χ3n) is 3.10. The molecule has 0 heterocycles. The van der Waals surface area contributed by atoms with Gasteiger partial charge >= 0.3 is 0 Å². The molecule has 1 aromatic carbocycles. The highest BCUT2D eigenvalue weighted by Gasteiger charge is 2.22. The lowest BCUT2D eigenvalue weighted by atomic mass is 9.97. The Balaban J connectivity index is 1.96. The molecule has 1 nitrogen and oxygen atoms in total. The van der Waals surface area contributed by atoms with Crippen LogP contribution < -0.4 is 0 Å². The molecular weight excluding hydrogens is 252 g/mol. The van der Waals surface area contributed by atoms with E-state index in [0.717, 1.165) is 22.9 Å². The van der Waals surface area contributed by atoms with E-state index in [1.165, 1.54) is 12.8 Å². The Morgan fingerprint density at radius 3 is 2.40 bits per heavy atom. The van der Waals surface area contributed by atoms with Gasteiger partial charge in [0.1, 0.15) is 5.78 Å². The number of hydrogen-bond acceptors (Lipinski definition) is 1. The first-order valence-corrected chi connectivity index (χ1v) is 6.32. The van der Waals surface area contributed by atoms with E-state index in [-0.39, 0.29) is 0 Å². The number of carbonyl (C=O) groups excluding carboxylic acids is 1. The summed E-state index contributed by atoms with van der Waals surface area (Å²) in [5.41, 5.74) is 1.13. The molecule has 0 aromatic heterocycles. The molecule has 1 fully saturated rings. The number of Topliss-reactive ketones (excluding diaryl/α,β-unsaturated/α-hetero) is 1. The van der Waals surface area contributed by atoms with Crippen LogP contribution in [0.2, 0.25) is 0 Å². The highest BCUT2D eigenvalue weighted by Crippen LogP contribution is 2.26. The summed E-state index contributed by atoms with van der Waals surface area (Å²) in [6.45, 7) is 0. The van der Waals surface area contributed by atoms with Crippen LogP contribution in [0.5, 0.6) is 0 Å². The molecule has 2 heteroatoms. The van der Waals surface area contributed by atoms with Crippen molar-refractivity contribution in [3.8, 4) is 0 Å². The fourth-order valence-electron chi connectivity index (χ4n) is 2.20. The van der Waals surface area contributed by atoms with Gasteiger partial charge in [-0.1, -0.05) is 40.9 Å². The van der Waals surface area contributed by atoms with E-state index in [1.807, 2.05) is 24.3 Å². The Bertz CT molecular complexity index is 336. The highest BCUT2D eigenvalue weighted by molar-refractivity contribution is 9.10. The minimum Gasteiger partial charge on any atom is -0.299 e. The first kappa shape index (κ1) is 10.9. The molecule has 80 valence electrons. The molecule has 15 heavy (non-hydrogen) atoms. The Labute approximate surface area is 99.0 Å². The second kappa shape index (κ2) is 4.93. The molecular formula is C13H15BrO. The summed E-state index contributed by atoms with van der Waals surface area (Å²) in [6.07, 6.45) is 5.29. The fraction of sp³-hybridized carbons (Fsp3) is 0.462. The first-order chi connectivity index (χ1) is 7.25. The number of carbonyl (C=O) groups is 1. The quantitative estimate of drug-likeness (QED) is 0.815. The third kappa shape index (κ3) is 2.91. The largest absolute Gasteiger partial charge is 0.299 e. The number of ketones is 1. The zero-order valence-electron chi connectivity index (χ0n) is 8.71. The van der Waals surface area contributed by atoms with Crippen LogP contribution in [0.1, 0.15) is 31.2 Å². The lowest BCUT2D eigenvalue weighted by molar-refractivity contribution is -0.122. The highest BCUT2D eigenvalue weighted by atomic mass is 79.9. The van der Waals surface area contributed by atoms with Crippen molar-refractivity contribution in [2.45, 2.75) is 32.1 Å². The molecule has 0 bridgehead atoms. The van der Waals surface area contributed by atoms with E-state index in [9.17, 15) is 4.79 Å². The smallest absolute Gasteiger partial charge is 0.140 e. The molecule has 1 aliphatic carbocycles. The van der Waals surface area contributed by atoms with Crippen molar-refractivity contribution >= 4 is 21.7 Å². The average Bonchev–Trinajstić information content (AvgIpc) is 2.74.